The molecule has 2 fully saturated rings. The molecule has 3 heterocycles. The number of ether oxygens (including phenoxy) is 1. The SMILES string of the molecule is O=C(c1cccc2c1NCCC2)N1C[C@@H]2COC[C@]2(C(=O)O)C1. The first-order valence-electron chi connectivity index (χ1n) is 8.08. The number of amides is 1. The number of para-hydroxylation sites is 1. The lowest BCUT2D eigenvalue weighted by Crippen LogP contribution is -2.40. The number of carbonyl (C=O) groups excluding carboxylic acids is 1. The van der Waals surface area contributed by atoms with E-state index in [4.69, 9.17) is 4.74 Å². The summed E-state index contributed by atoms with van der Waals surface area (Å²) >= 11 is 0. The van der Waals surface area contributed by atoms with E-state index >= 15 is 0 Å². The van der Waals surface area contributed by atoms with Gasteiger partial charge in [0.1, 0.15) is 5.41 Å². The van der Waals surface area contributed by atoms with Crippen LogP contribution in [0, 0.1) is 11.3 Å². The highest BCUT2D eigenvalue weighted by Gasteiger charge is 2.57. The van der Waals surface area contributed by atoms with Crippen LogP contribution in [0.25, 0.3) is 0 Å². The molecule has 0 unspecified atom stereocenters. The van der Waals surface area contributed by atoms with Crippen molar-refractivity contribution in [1.29, 1.82) is 0 Å². The summed E-state index contributed by atoms with van der Waals surface area (Å²) in [7, 11) is 0. The lowest BCUT2D eigenvalue weighted by molar-refractivity contribution is -0.149. The average Bonchev–Trinajstić information content (AvgIpc) is 3.12. The van der Waals surface area contributed by atoms with E-state index in [0.29, 0.717) is 18.7 Å². The van der Waals surface area contributed by atoms with Gasteiger partial charge in [0.25, 0.3) is 5.91 Å². The van der Waals surface area contributed by atoms with Crippen LogP contribution < -0.4 is 5.32 Å². The van der Waals surface area contributed by atoms with Crippen molar-refractivity contribution in [2.75, 3.05) is 38.2 Å². The highest BCUT2D eigenvalue weighted by Crippen LogP contribution is 2.42. The number of benzene rings is 1. The number of nitrogens with zero attached hydrogens (tertiary/aromatic N) is 1. The van der Waals surface area contributed by atoms with Crippen molar-refractivity contribution in [3.05, 3.63) is 29.3 Å². The number of carboxylic acids is 1. The number of fused-ring (bicyclic) bond motifs is 2. The number of carbonyl (C=O) groups is 2. The van der Waals surface area contributed by atoms with Crippen LogP contribution in [0.1, 0.15) is 22.3 Å². The molecule has 6 heteroatoms. The summed E-state index contributed by atoms with van der Waals surface area (Å²) in [6.45, 7) is 2.17. The average molecular weight is 316 g/mol. The molecule has 6 nitrogen and oxygen atoms in total. The largest absolute Gasteiger partial charge is 0.481 e. The van der Waals surface area contributed by atoms with E-state index in [1.54, 1.807) is 4.90 Å². The van der Waals surface area contributed by atoms with Gasteiger partial charge in [-0.25, -0.2) is 0 Å². The van der Waals surface area contributed by atoms with Gasteiger partial charge >= 0.3 is 5.97 Å². The fourth-order valence-corrected chi connectivity index (χ4v) is 4.05. The van der Waals surface area contributed by atoms with Gasteiger partial charge in [-0.3, -0.25) is 9.59 Å². The van der Waals surface area contributed by atoms with Crippen molar-refractivity contribution in [2.24, 2.45) is 11.3 Å². The number of rotatable bonds is 2. The molecule has 3 aliphatic heterocycles. The van der Waals surface area contributed by atoms with Crippen molar-refractivity contribution in [3.8, 4) is 0 Å². The predicted molar refractivity (Wildman–Crippen MR) is 83.5 cm³/mol. The zero-order valence-electron chi connectivity index (χ0n) is 12.9. The summed E-state index contributed by atoms with van der Waals surface area (Å²) in [4.78, 5) is 26.4. The number of aliphatic carboxylic acids is 1. The lowest BCUT2D eigenvalue weighted by Gasteiger charge is -2.25. The molecule has 1 aromatic carbocycles. The molecule has 0 aliphatic carbocycles. The summed E-state index contributed by atoms with van der Waals surface area (Å²) in [5.41, 5.74) is 1.81. The number of hydrogen-bond acceptors (Lipinski definition) is 4. The maximum absolute atomic E-state index is 13.0. The maximum atomic E-state index is 13.0. The molecule has 0 bridgehead atoms. The summed E-state index contributed by atoms with van der Waals surface area (Å²) in [6.07, 6.45) is 2.04. The summed E-state index contributed by atoms with van der Waals surface area (Å²) < 4.78 is 5.37. The predicted octanol–water partition coefficient (Wildman–Crippen LogP) is 1.22. The van der Waals surface area contributed by atoms with Crippen molar-refractivity contribution >= 4 is 17.6 Å². The highest BCUT2D eigenvalue weighted by atomic mass is 16.5. The Balaban J connectivity index is 1.63. The van der Waals surface area contributed by atoms with Crippen LogP contribution in [-0.2, 0) is 16.0 Å². The third-order valence-corrected chi connectivity index (χ3v) is 5.39. The van der Waals surface area contributed by atoms with Gasteiger partial charge in [-0.2, -0.15) is 0 Å². The van der Waals surface area contributed by atoms with Crippen molar-refractivity contribution in [3.63, 3.8) is 0 Å². The molecule has 4 rings (SSSR count). The molecule has 23 heavy (non-hydrogen) atoms. The van der Waals surface area contributed by atoms with Gasteiger partial charge in [0, 0.05) is 25.6 Å². The van der Waals surface area contributed by atoms with Crippen LogP contribution in [0.5, 0.6) is 0 Å². The molecular weight excluding hydrogens is 296 g/mol. The fourth-order valence-electron chi connectivity index (χ4n) is 4.05. The Kier molecular flexibility index (Phi) is 3.30. The minimum absolute atomic E-state index is 0.0775. The van der Waals surface area contributed by atoms with Crippen molar-refractivity contribution in [2.45, 2.75) is 12.8 Å². The van der Waals surface area contributed by atoms with Gasteiger partial charge in [-0.15, -0.1) is 0 Å². The lowest BCUT2D eigenvalue weighted by atomic mass is 9.81. The standard InChI is InChI=1S/C17H20N2O4/c20-15(13-5-1-3-11-4-2-6-18-14(11)13)19-7-12-8-23-10-17(12,9-19)16(21)22/h1,3,5,12,18H,2,4,6-10H2,(H,21,22)/t12-,17-/m1/s1. The number of nitrogens with one attached hydrogen (secondary N) is 1. The minimum Gasteiger partial charge on any atom is -0.481 e. The number of aryl methyl sites for hydroxylation is 1. The first kappa shape index (κ1) is 14.5. The van der Waals surface area contributed by atoms with E-state index in [1.807, 2.05) is 18.2 Å². The van der Waals surface area contributed by atoms with E-state index in [9.17, 15) is 14.7 Å². The quantitative estimate of drug-likeness (QED) is 0.857. The van der Waals surface area contributed by atoms with Crippen LogP contribution in [0.4, 0.5) is 5.69 Å². The van der Waals surface area contributed by atoms with E-state index in [0.717, 1.165) is 30.6 Å². The molecule has 1 amide bonds. The number of hydrogen-bond donors (Lipinski definition) is 2. The Morgan fingerprint density at radius 1 is 1.39 bits per heavy atom. The summed E-state index contributed by atoms with van der Waals surface area (Å²) in [5.74, 6) is -1.05. The van der Waals surface area contributed by atoms with Crippen LogP contribution in [0.3, 0.4) is 0 Å². The normalized spacial score (nSPS) is 28.9. The second-order valence-electron chi connectivity index (χ2n) is 6.73. The fraction of sp³-hybridized carbons (Fsp3) is 0.529. The van der Waals surface area contributed by atoms with Crippen LogP contribution in [0.2, 0.25) is 0 Å². The van der Waals surface area contributed by atoms with Gasteiger partial charge in [-0.05, 0) is 24.5 Å². The van der Waals surface area contributed by atoms with E-state index in [1.165, 1.54) is 0 Å². The summed E-state index contributed by atoms with van der Waals surface area (Å²) in [6, 6.07) is 5.78. The maximum Gasteiger partial charge on any atom is 0.314 e. The molecule has 0 spiro atoms. The first-order chi connectivity index (χ1) is 11.1. The Hall–Kier alpha value is -2.08. The third kappa shape index (κ3) is 2.12. The zero-order chi connectivity index (χ0) is 16.0. The topological polar surface area (TPSA) is 78.9 Å². The molecule has 0 saturated carbocycles. The highest BCUT2D eigenvalue weighted by molar-refractivity contribution is 6.01. The van der Waals surface area contributed by atoms with Gasteiger partial charge in [-0.1, -0.05) is 12.1 Å². The van der Waals surface area contributed by atoms with Gasteiger partial charge in [0.05, 0.1) is 24.5 Å². The molecular formula is C17H20N2O4. The van der Waals surface area contributed by atoms with Crippen molar-refractivity contribution in [1.82, 2.24) is 4.90 Å². The van der Waals surface area contributed by atoms with Crippen molar-refractivity contribution < 1.29 is 19.4 Å². The third-order valence-electron chi connectivity index (χ3n) is 5.39. The Morgan fingerprint density at radius 3 is 3.04 bits per heavy atom. The molecule has 1 aromatic rings. The van der Waals surface area contributed by atoms with E-state index in [2.05, 4.69) is 5.32 Å². The summed E-state index contributed by atoms with van der Waals surface area (Å²) in [5, 5.41) is 12.9. The smallest absolute Gasteiger partial charge is 0.314 e. The monoisotopic (exact) mass is 316 g/mol. The Morgan fingerprint density at radius 2 is 2.26 bits per heavy atom. The minimum atomic E-state index is -0.933. The zero-order valence-corrected chi connectivity index (χ0v) is 12.9. The van der Waals surface area contributed by atoms with Crippen LogP contribution in [0.15, 0.2) is 18.2 Å². The molecule has 2 saturated heterocycles. The van der Waals surface area contributed by atoms with Crippen LogP contribution in [-0.4, -0.2) is 54.7 Å². The Labute approximate surface area is 134 Å². The molecule has 2 atom stereocenters. The number of anilines is 1. The molecule has 2 N–H and O–H groups in total. The van der Waals surface area contributed by atoms with Gasteiger partial charge in [0.15, 0.2) is 0 Å². The first-order valence-corrected chi connectivity index (χ1v) is 8.08. The number of likely N-dealkylation sites (tertiary alicyclic amines) is 1. The molecule has 0 radical (unpaired) electrons. The Bertz CT molecular complexity index is 675. The van der Waals surface area contributed by atoms with E-state index in [-0.39, 0.29) is 25.0 Å². The van der Waals surface area contributed by atoms with E-state index < -0.39 is 11.4 Å². The van der Waals surface area contributed by atoms with Crippen LogP contribution >= 0.6 is 0 Å². The molecule has 3 aliphatic rings. The second kappa shape index (κ2) is 5.23. The van der Waals surface area contributed by atoms with Gasteiger partial charge in [0.2, 0.25) is 0 Å². The number of carboxylic acid groups (broad SMARTS) is 1. The van der Waals surface area contributed by atoms with Gasteiger partial charge < -0.3 is 20.1 Å². The molecule has 0 aromatic heterocycles. The second-order valence-corrected chi connectivity index (χ2v) is 6.73. The molecule has 122 valence electrons.